The van der Waals surface area contributed by atoms with Gasteiger partial charge in [0.25, 0.3) is 0 Å². The van der Waals surface area contributed by atoms with Crippen LogP contribution in [0.15, 0.2) is 18.2 Å². The van der Waals surface area contributed by atoms with Gasteiger partial charge in [-0.25, -0.2) is 0 Å². The van der Waals surface area contributed by atoms with Gasteiger partial charge in [-0.1, -0.05) is 43.1 Å². The summed E-state index contributed by atoms with van der Waals surface area (Å²) < 4.78 is 0. The Kier molecular flexibility index (Phi) is 4.25. The lowest BCUT2D eigenvalue weighted by molar-refractivity contribution is -0.0279. The Labute approximate surface area is 119 Å². The molecule has 1 aromatic rings. The number of benzene rings is 1. The molecule has 0 saturated heterocycles. The first-order valence-corrected chi connectivity index (χ1v) is 7.31. The first-order valence-electron chi connectivity index (χ1n) is 6.56. The van der Waals surface area contributed by atoms with Gasteiger partial charge >= 0.3 is 0 Å². The van der Waals surface area contributed by atoms with Gasteiger partial charge < -0.3 is 5.11 Å². The molecule has 1 nitrogen and oxygen atoms in total. The molecule has 0 radical (unpaired) electrons. The van der Waals surface area contributed by atoms with Crippen molar-refractivity contribution in [3.05, 3.63) is 33.8 Å². The van der Waals surface area contributed by atoms with Crippen molar-refractivity contribution in [1.29, 1.82) is 0 Å². The van der Waals surface area contributed by atoms with Gasteiger partial charge in [0.1, 0.15) is 0 Å². The van der Waals surface area contributed by atoms with Crippen LogP contribution in [0.4, 0.5) is 0 Å². The van der Waals surface area contributed by atoms with Crippen molar-refractivity contribution in [2.45, 2.75) is 45.1 Å². The SMILES string of the molecule is CC1CCC(O)(Cc2ccc(Cl)c(Cl)c2)CC1C. The normalized spacial score (nSPS) is 32.5. The van der Waals surface area contributed by atoms with E-state index in [0.717, 1.165) is 24.8 Å². The van der Waals surface area contributed by atoms with Crippen LogP contribution in [0.2, 0.25) is 10.0 Å². The molecule has 0 amide bonds. The summed E-state index contributed by atoms with van der Waals surface area (Å²) in [5, 5.41) is 11.8. The van der Waals surface area contributed by atoms with Crippen LogP contribution in [0.3, 0.4) is 0 Å². The molecule has 2 rings (SSSR count). The zero-order valence-electron chi connectivity index (χ0n) is 10.9. The van der Waals surface area contributed by atoms with Gasteiger partial charge in [-0.2, -0.15) is 0 Å². The first-order chi connectivity index (χ1) is 8.39. The average Bonchev–Trinajstić information content (AvgIpc) is 2.29. The predicted molar refractivity (Wildman–Crippen MR) is 77.3 cm³/mol. The second-order valence-corrected chi connectivity index (χ2v) is 6.66. The van der Waals surface area contributed by atoms with E-state index in [1.807, 2.05) is 12.1 Å². The highest BCUT2D eigenvalue weighted by Gasteiger charge is 2.35. The van der Waals surface area contributed by atoms with Crippen LogP contribution >= 0.6 is 23.2 Å². The third-order valence-electron chi connectivity index (χ3n) is 4.26. The lowest BCUT2D eigenvalue weighted by Gasteiger charge is -2.39. The number of halogens is 2. The Morgan fingerprint density at radius 1 is 1.22 bits per heavy atom. The topological polar surface area (TPSA) is 20.2 Å². The maximum absolute atomic E-state index is 10.7. The smallest absolute Gasteiger partial charge is 0.0690 e. The minimum atomic E-state index is -0.580. The van der Waals surface area contributed by atoms with Gasteiger partial charge in [-0.15, -0.1) is 0 Å². The molecular formula is C15H20Cl2O. The van der Waals surface area contributed by atoms with Crippen LogP contribution < -0.4 is 0 Å². The minimum Gasteiger partial charge on any atom is -0.390 e. The van der Waals surface area contributed by atoms with Crippen LogP contribution in [0.1, 0.15) is 38.7 Å². The fourth-order valence-electron chi connectivity index (χ4n) is 2.87. The fraction of sp³-hybridized carbons (Fsp3) is 0.600. The Morgan fingerprint density at radius 3 is 2.56 bits per heavy atom. The van der Waals surface area contributed by atoms with Crippen LogP contribution in [0, 0.1) is 11.8 Å². The quantitative estimate of drug-likeness (QED) is 0.834. The van der Waals surface area contributed by atoms with E-state index in [0.29, 0.717) is 28.3 Å². The van der Waals surface area contributed by atoms with Crippen molar-refractivity contribution in [3.63, 3.8) is 0 Å². The third-order valence-corrected chi connectivity index (χ3v) is 4.99. The van der Waals surface area contributed by atoms with Crippen LogP contribution in [-0.4, -0.2) is 10.7 Å². The molecule has 0 aliphatic heterocycles. The molecule has 1 saturated carbocycles. The maximum Gasteiger partial charge on any atom is 0.0690 e. The van der Waals surface area contributed by atoms with E-state index in [2.05, 4.69) is 13.8 Å². The van der Waals surface area contributed by atoms with E-state index in [1.54, 1.807) is 6.07 Å². The van der Waals surface area contributed by atoms with Crippen molar-refractivity contribution < 1.29 is 5.11 Å². The molecule has 0 spiro atoms. The van der Waals surface area contributed by atoms with E-state index in [-0.39, 0.29) is 0 Å². The predicted octanol–water partition coefficient (Wildman–Crippen LogP) is 4.72. The van der Waals surface area contributed by atoms with Gasteiger partial charge in [0.05, 0.1) is 15.6 Å². The molecule has 100 valence electrons. The molecule has 0 bridgehead atoms. The Morgan fingerprint density at radius 2 is 1.94 bits per heavy atom. The van der Waals surface area contributed by atoms with Gasteiger partial charge in [-0.05, 0) is 48.8 Å². The number of hydrogen-bond acceptors (Lipinski definition) is 1. The first kappa shape index (κ1) is 14.2. The summed E-state index contributed by atoms with van der Waals surface area (Å²) in [5.41, 5.74) is 0.483. The molecule has 0 aromatic heterocycles. The molecule has 1 aliphatic rings. The van der Waals surface area contributed by atoms with Gasteiger partial charge in [-0.3, -0.25) is 0 Å². The van der Waals surface area contributed by atoms with Crippen LogP contribution in [-0.2, 0) is 6.42 Å². The number of aliphatic hydroxyl groups is 1. The Hall–Kier alpha value is -0.240. The van der Waals surface area contributed by atoms with Gasteiger partial charge in [0.2, 0.25) is 0 Å². The third kappa shape index (κ3) is 3.20. The lowest BCUT2D eigenvalue weighted by atomic mass is 9.71. The highest BCUT2D eigenvalue weighted by molar-refractivity contribution is 6.42. The van der Waals surface area contributed by atoms with Crippen molar-refractivity contribution in [2.24, 2.45) is 11.8 Å². The van der Waals surface area contributed by atoms with E-state index in [1.165, 1.54) is 0 Å². The maximum atomic E-state index is 10.7. The van der Waals surface area contributed by atoms with Gasteiger partial charge in [0, 0.05) is 6.42 Å². The molecule has 3 heteroatoms. The zero-order chi connectivity index (χ0) is 13.3. The molecule has 3 atom stereocenters. The number of hydrogen-bond donors (Lipinski definition) is 1. The molecule has 18 heavy (non-hydrogen) atoms. The van der Waals surface area contributed by atoms with Crippen molar-refractivity contribution in [2.75, 3.05) is 0 Å². The largest absolute Gasteiger partial charge is 0.390 e. The molecule has 1 fully saturated rings. The summed E-state index contributed by atoms with van der Waals surface area (Å²) in [6.07, 6.45) is 3.51. The molecule has 1 aromatic carbocycles. The summed E-state index contributed by atoms with van der Waals surface area (Å²) in [5.74, 6) is 1.28. The van der Waals surface area contributed by atoms with E-state index < -0.39 is 5.60 Å². The summed E-state index contributed by atoms with van der Waals surface area (Å²) >= 11 is 11.9. The zero-order valence-corrected chi connectivity index (χ0v) is 12.4. The Bertz CT molecular complexity index is 433. The highest BCUT2D eigenvalue weighted by atomic mass is 35.5. The lowest BCUT2D eigenvalue weighted by Crippen LogP contribution is -2.39. The van der Waals surface area contributed by atoms with E-state index >= 15 is 0 Å². The van der Waals surface area contributed by atoms with Crippen LogP contribution in [0.5, 0.6) is 0 Å². The molecular weight excluding hydrogens is 267 g/mol. The minimum absolute atomic E-state index is 0.565. The summed E-state index contributed by atoms with van der Waals surface area (Å²) in [7, 11) is 0. The molecule has 1 N–H and O–H groups in total. The number of rotatable bonds is 2. The molecule has 1 aliphatic carbocycles. The second kappa shape index (κ2) is 5.40. The summed E-state index contributed by atoms with van der Waals surface area (Å²) in [4.78, 5) is 0. The standard InChI is InChI=1S/C15H20Cl2O/c1-10-5-6-15(18,8-11(10)2)9-12-3-4-13(16)14(17)7-12/h3-4,7,10-11,18H,5-6,8-9H2,1-2H3. The van der Waals surface area contributed by atoms with E-state index in [4.69, 9.17) is 23.2 Å². The van der Waals surface area contributed by atoms with Crippen molar-refractivity contribution in [3.8, 4) is 0 Å². The molecule has 0 heterocycles. The average molecular weight is 287 g/mol. The Balaban J connectivity index is 2.10. The van der Waals surface area contributed by atoms with E-state index in [9.17, 15) is 5.11 Å². The second-order valence-electron chi connectivity index (χ2n) is 5.85. The highest BCUT2D eigenvalue weighted by Crippen LogP contribution is 2.38. The van der Waals surface area contributed by atoms with Gasteiger partial charge in [0.15, 0.2) is 0 Å². The molecule has 3 unspecified atom stereocenters. The van der Waals surface area contributed by atoms with Crippen LogP contribution in [0.25, 0.3) is 0 Å². The van der Waals surface area contributed by atoms with Crippen molar-refractivity contribution >= 4 is 23.2 Å². The van der Waals surface area contributed by atoms with Crippen molar-refractivity contribution in [1.82, 2.24) is 0 Å². The summed E-state index contributed by atoms with van der Waals surface area (Å²) in [6, 6.07) is 5.62. The fourth-order valence-corrected chi connectivity index (χ4v) is 3.19. The monoisotopic (exact) mass is 286 g/mol. The summed E-state index contributed by atoms with van der Waals surface area (Å²) in [6.45, 7) is 4.49.